The zero-order chi connectivity index (χ0) is 6.91. The number of hydrogen-bond donors (Lipinski definition) is 1. The van der Waals surface area contributed by atoms with E-state index in [0.717, 1.165) is 12.8 Å². The lowest BCUT2D eigenvalue weighted by atomic mass is 10.2. The van der Waals surface area contributed by atoms with Crippen LogP contribution in [0, 0.1) is 0 Å². The number of ether oxygens (including phenoxy) is 1. The summed E-state index contributed by atoms with van der Waals surface area (Å²) in [4.78, 5) is 10.4. The third kappa shape index (κ3) is 1.42. The predicted molar refractivity (Wildman–Crippen MR) is 32.8 cm³/mol. The first-order chi connectivity index (χ1) is 4.18. The SMILES string of the molecule is COC1(CC(N)=O)CC1. The number of rotatable bonds is 3. The topological polar surface area (TPSA) is 52.3 Å². The third-order valence-corrected chi connectivity index (χ3v) is 1.74. The molecule has 0 aromatic rings. The Morgan fingerprint density at radius 3 is 2.44 bits per heavy atom. The van der Waals surface area contributed by atoms with Crippen molar-refractivity contribution in [2.45, 2.75) is 24.9 Å². The second kappa shape index (κ2) is 1.99. The first kappa shape index (κ1) is 6.55. The molecule has 52 valence electrons. The number of amides is 1. The molecule has 3 heteroatoms. The molecule has 9 heavy (non-hydrogen) atoms. The molecular weight excluding hydrogens is 118 g/mol. The lowest BCUT2D eigenvalue weighted by Crippen LogP contribution is -2.22. The van der Waals surface area contributed by atoms with Crippen LogP contribution >= 0.6 is 0 Å². The molecule has 0 saturated heterocycles. The van der Waals surface area contributed by atoms with Gasteiger partial charge >= 0.3 is 0 Å². The molecule has 0 aromatic carbocycles. The van der Waals surface area contributed by atoms with Gasteiger partial charge in [0.25, 0.3) is 0 Å². The Kier molecular flexibility index (Phi) is 1.45. The van der Waals surface area contributed by atoms with E-state index in [1.807, 2.05) is 0 Å². The summed E-state index contributed by atoms with van der Waals surface area (Å²) in [7, 11) is 1.62. The number of methoxy groups -OCH3 is 1. The Bertz CT molecular complexity index is 129. The predicted octanol–water partition coefficient (Wildman–Crippen LogP) is 0.0408. The monoisotopic (exact) mass is 129 g/mol. The van der Waals surface area contributed by atoms with E-state index < -0.39 is 0 Å². The average molecular weight is 129 g/mol. The summed E-state index contributed by atoms with van der Waals surface area (Å²) in [5.41, 5.74) is 4.81. The van der Waals surface area contributed by atoms with E-state index in [9.17, 15) is 4.79 Å². The second-order valence-electron chi connectivity index (χ2n) is 2.53. The molecule has 0 radical (unpaired) electrons. The van der Waals surface area contributed by atoms with Crippen molar-refractivity contribution >= 4 is 5.91 Å². The van der Waals surface area contributed by atoms with Gasteiger partial charge in [-0.05, 0) is 12.8 Å². The van der Waals surface area contributed by atoms with Gasteiger partial charge in [-0.1, -0.05) is 0 Å². The molecule has 1 fully saturated rings. The molecule has 0 unspecified atom stereocenters. The lowest BCUT2D eigenvalue weighted by Gasteiger charge is -2.08. The van der Waals surface area contributed by atoms with E-state index in [2.05, 4.69) is 0 Å². The first-order valence-corrected chi connectivity index (χ1v) is 3.02. The molecule has 0 heterocycles. The molecule has 0 spiro atoms. The summed E-state index contributed by atoms with van der Waals surface area (Å²) in [5, 5.41) is 0. The zero-order valence-corrected chi connectivity index (χ0v) is 5.52. The normalized spacial score (nSPS) is 21.4. The summed E-state index contributed by atoms with van der Waals surface area (Å²) >= 11 is 0. The van der Waals surface area contributed by atoms with Crippen LogP contribution in [-0.4, -0.2) is 18.6 Å². The van der Waals surface area contributed by atoms with Crippen molar-refractivity contribution < 1.29 is 9.53 Å². The molecule has 1 aliphatic carbocycles. The van der Waals surface area contributed by atoms with Gasteiger partial charge in [0, 0.05) is 7.11 Å². The quantitative estimate of drug-likeness (QED) is 0.585. The van der Waals surface area contributed by atoms with Crippen LogP contribution in [0.5, 0.6) is 0 Å². The lowest BCUT2D eigenvalue weighted by molar-refractivity contribution is -0.121. The van der Waals surface area contributed by atoms with E-state index in [4.69, 9.17) is 10.5 Å². The number of primary amides is 1. The maximum absolute atomic E-state index is 10.4. The van der Waals surface area contributed by atoms with Gasteiger partial charge in [0.2, 0.25) is 5.91 Å². The van der Waals surface area contributed by atoms with E-state index in [1.54, 1.807) is 7.11 Å². The van der Waals surface area contributed by atoms with E-state index in [1.165, 1.54) is 0 Å². The van der Waals surface area contributed by atoms with E-state index >= 15 is 0 Å². The molecule has 1 amide bonds. The molecule has 3 nitrogen and oxygen atoms in total. The van der Waals surface area contributed by atoms with Gasteiger partial charge in [-0.2, -0.15) is 0 Å². The van der Waals surface area contributed by atoms with Crippen LogP contribution in [0.3, 0.4) is 0 Å². The fraction of sp³-hybridized carbons (Fsp3) is 0.833. The third-order valence-electron chi connectivity index (χ3n) is 1.74. The molecule has 1 rings (SSSR count). The van der Waals surface area contributed by atoms with Crippen molar-refractivity contribution in [2.75, 3.05) is 7.11 Å². The fourth-order valence-corrected chi connectivity index (χ4v) is 0.910. The second-order valence-corrected chi connectivity index (χ2v) is 2.53. The average Bonchev–Trinajstić information content (AvgIpc) is 2.48. The molecule has 0 bridgehead atoms. The van der Waals surface area contributed by atoms with Crippen LogP contribution in [0.4, 0.5) is 0 Å². The highest BCUT2D eigenvalue weighted by atomic mass is 16.5. The van der Waals surface area contributed by atoms with Gasteiger partial charge in [-0.15, -0.1) is 0 Å². The Labute approximate surface area is 54.2 Å². The molecular formula is C6H11NO2. The number of nitrogens with two attached hydrogens (primary N) is 1. The van der Waals surface area contributed by atoms with Gasteiger partial charge in [-0.25, -0.2) is 0 Å². The molecule has 0 aliphatic heterocycles. The zero-order valence-electron chi connectivity index (χ0n) is 5.52. The Hall–Kier alpha value is -0.570. The van der Waals surface area contributed by atoms with Gasteiger partial charge in [0.15, 0.2) is 0 Å². The summed E-state index contributed by atoms with van der Waals surface area (Å²) in [5.74, 6) is -0.269. The smallest absolute Gasteiger partial charge is 0.220 e. The van der Waals surface area contributed by atoms with Crippen LogP contribution in [0.2, 0.25) is 0 Å². The molecule has 0 atom stereocenters. The number of carbonyl (C=O) groups excluding carboxylic acids is 1. The van der Waals surface area contributed by atoms with Crippen LogP contribution in [0.25, 0.3) is 0 Å². The standard InChI is InChI=1S/C6H11NO2/c1-9-6(2-3-6)4-5(7)8/h2-4H2,1H3,(H2,7,8). The Morgan fingerprint density at radius 1 is 1.78 bits per heavy atom. The Balaban J connectivity index is 2.33. The molecule has 1 aliphatic rings. The van der Waals surface area contributed by atoms with Crippen molar-refractivity contribution in [1.82, 2.24) is 0 Å². The largest absolute Gasteiger partial charge is 0.378 e. The highest BCUT2D eigenvalue weighted by Gasteiger charge is 2.44. The van der Waals surface area contributed by atoms with Crippen LogP contribution in [0.15, 0.2) is 0 Å². The number of carbonyl (C=O) groups is 1. The van der Waals surface area contributed by atoms with Gasteiger partial charge in [0.1, 0.15) is 0 Å². The minimum Gasteiger partial charge on any atom is -0.378 e. The number of hydrogen-bond acceptors (Lipinski definition) is 2. The van der Waals surface area contributed by atoms with Gasteiger partial charge in [-0.3, -0.25) is 4.79 Å². The van der Waals surface area contributed by atoms with Crippen molar-refractivity contribution in [3.63, 3.8) is 0 Å². The summed E-state index contributed by atoms with van der Waals surface area (Å²) in [6.07, 6.45) is 2.34. The maximum Gasteiger partial charge on any atom is 0.220 e. The highest BCUT2D eigenvalue weighted by molar-refractivity contribution is 5.75. The van der Waals surface area contributed by atoms with Crippen molar-refractivity contribution in [3.05, 3.63) is 0 Å². The minimum atomic E-state index is -0.269. The minimum absolute atomic E-state index is 0.161. The van der Waals surface area contributed by atoms with Crippen molar-refractivity contribution in [1.29, 1.82) is 0 Å². The Morgan fingerprint density at radius 2 is 2.33 bits per heavy atom. The summed E-state index contributed by atoms with van der Waals surface area (Å²) < 4.78 is 5.06. The maximum atomic E-state index is 10.4. The van der Waals surface area contributed by atoms with Gasteiger partial charge < -0.3 is 10.5 Å². The summed E-state index contributed by atoms with van der Waals surface area (Å²) in [6, 6.07) is 0. The van der Waals surface area contributed by atoms with E-state index in [0.29, 0.717) is 6.42 Å². The molecule has 2 N–H and O–H groups in total. The fourth-order valence-electron chi connectivity index (χ4n) is 0.910. The summed E-state index contributed by atoms with van der Waals surface area (Å²) in [6.45, 7) is 0. The van der Waals surface area contributed by atoms with Gasteiger partial charge in [0.05, 0.1) is 12.0 Å². The van der Waals surface area contributed by atoms with E-state index in [-0.39, 0.29) is 11.5 Å². The first-order valence-electron chi connectivity index (χ1n) is 3.02. The van der Waals surface area contributed by atoms with Crippen LogP contribution in [-0.2, 0) is 9.53 Å². The van der Waals surface area contributed by atoms with Crippen LogP contribution < -0.4 is 5.73 Å². The highest BCUT2D eigenvalue weighted by Crippen LogP contribution is 2.41. The van der Waals surface area contributed by atoms with Crippen molar-refractivity contribution in [3.8, 4) is 0 Å². The molecule has 0 aromatic heterocycles. The molecule has 1 saturated carbocycles. The van der Waals surface area contributed by atoms with Crippen LogP contribution in [0.1, 0.15) is 19.3 Å². The van der Waals surface area contributed by atoms with Crippen molar-refractivity contribution in [2.24, 2.45) is 5.73 Å².